The van der Waals surface area contributed by atoms with Gasteiger partial charge in [-0.05, 0) is 66.9 Å². The van der Waals surface area contributed by atoms with E-state index in [9.17, 15) is 4.79 Å². The van der Waals surface area contributed by atoms with Crippen LogP contribution in [0.3, 0.4) is 0 Å². The smallest absolute Gasteiger partial charge is 0.224 e. The second-order valence-electron chi connectivity index (χ2n) is 6.10. The quantitative estimate of drug-likeness (QED) is 0.536. The molecule has 0 radical (unpaired) electrons. The standard InChI is InChI=1S/C22H21ClN2O/c23-18-11-9-17(10-12-18)5-4-8-22(26)25-21-15-13-20(14-16-21)24-19-6-2-1-3-7-19/h1-3,6-7,9-16,24H,4-5,8H2,(H,25,26). The summed E-state index contributed by atoms with van der Waals surface area (Å²) in [6, 6.07) is 25.4. The summed E-state index contributed by atoms with van der Waals surface area (Å²) in [6.45, 7) is 0. The highest BCUT2D eigenvalue weighted by Crippen LogP contribution is 2.19. The van der Waals surface area contributed by atoms with Crippen LogP contribution in [0.5, 0.6) is 0 Å². The Morgan fingerprint density at radius 1 is 0.769 bits per heavy atom. The molecule has 1 amide bonds. The van der Waals surface area contributed by atoms with E-state index in [1.807, 2.05) is 78.9 Å². The second kappa shape index (κ2) is 9.07. The third-order valence-electron chi connectivity index (χ3n) is 4.01. The van der Waals surface area contributed by atoms with E-state index in [0.717, 1.165) is 34.9 Å². The first-order valence-electron chi connectivity index (χ1n) is 8.65. The highest BCUT2D eigenvalue weighted by atomic mass is 35.5. The summed E-state index contributed by atoms with van der Waals surface area (Å²) in [5, 5.41) is 6.99. The molecule has 0 aliphatic rings. The van der Waals surface area contributed by atoms with Crippen LogP contribution in [0.4, 0.5) is 17.1 Å². The minimum absolute atomic E-state index is 0.0303. The van der Waals surface area contributed by atoms with Crippen LogP contribution in [0.1, 0.15) is 18.4 Å². The van der Waals surface area contributed by atoms with E-state index >= 15 is 0 Å². The molecule has 132 valence electrons. The lowest BCUT2D eigenvalue weighted by Gasteiger charge is -2.09. The summed E-state index contributed by atoms with van der Waals surface area (Å²) in [4.78, 5) is 12.1. The van der Waals surface area contributed by atoms with Crippen molar-refractivity contribution < 1.29 is 4.79 Å². The maximum atomic E-state index is 12.1. The number of hydrogen-bond acceptors (Lipinski definition) is 2. The number of carbonyl (C=O) groups excluding carboxylic acids is 1. The Kier molecular flexibility index (Phi) is 6.29. The summed E-state index contributed by atoms with van der Waals surface area (Å²) in [6.07, 6.45) is 2.16. The number of para-hydroxylation sites is 1. The zero-order valence-electron chi connectivity index (χ0n) is 14.4. The molecule has 0 spiro atoms. The van der Waals surface area contributed by atoms with Crippen molar-refractivity contribution in [1.82, 2.24) is 0 Å². The maximum Gasteiger partial charge on any atom is 0.224 e. The molecule has 0 saturated heterocycles. The van der Waals surface area contributed by atoms with E-state index in [2.05, 4.69) is 10.6 Å². The van der Waals surface area contributed by atoms with Gasteiger partial charge >= 0.3 is 0 Å². The van der Waals surface area contributed by atoms with Gasteiger partial charge < -0.3 is 10.6 Å². The lowest BCUT2D eigenvalue weighted by atomic mass is 10.1. The predicted molar refractivity (Wildman–Crippen MR) is 109 cm³/mol. The molecular weight excluding hydrogens is 344 g/mol. The van der Waals surface area contributed by atoms with Crippen LogP contribution in [0.2, 0.25) is 5.02 Å². The average molecular weight is 365 g/mol. The zero-order chi connectivity index (χ0) is 18.2. The molecular formula is C22H21ClN2O. The monoisotopic (exact) mass is 364 g/mol. The predicted octanol–water partition coefficient (Wildman–Crippen LogP) is 6.05. The van der Waals surface area contributed by atoms with Crippen LogP contribution in [-0.4, -0.2) is 5.91 Å². The number of anilines is 3. The van der Waals surface area contributed by atoms with Crippen LogP contribution in [-0.2, 0) is 11.2 Å². The minimum Gasteiger partial charge on any atom is -0.356 e. The molecule has 3 aromatic carbocycles. The van der Waals surface area contributed by atoms with E-state index in [-0.39, 0.29) is 5.91 Å². The number of aryl methyl sites for hydroxylation is 1. The largest absolute Gasteiger partial charge is 0.356 e. The molecule has 0 atom stereocenters. The first-order valence-corrected chi connectivity index (χ1v) is 9.03. The normalized spacial score (nSPS) is 10.3. The number of halogens is 1. The van der Waals surface area contributed by atoms with Gasteiger partial charge in [-0.25, -0.2) is 0 Å². The molecule has 26 heavy (non-hydrogen) atoms. The summed E-state index contributed by atoms with van der Waals surface area (Å²) in [7, 11) is 0. The Morgan fingerprint density at radius 2 is 1.38 bits per heavy atom. The van der Waals surface area contributed by atoms with Crippen molar-refractivity contribution in [2.24, 2.45) is 0 Å². The number of benzene rings is 3. The van der Waals surface area contributed by atoms with Crippen molar-refractivity contribution in [3.63, 3.8) is 0 Å². The van der Waals surface area contributed by atoms with E-state index < -0.39 is 0 Å². The number of nitrogens with one attached hydrogen (secondary N) is 2. The Labute approximate surface area is 159 Å². The van der Waals surface area contributed by atoms with Crippen molar-refractivity contribution >= 4 is 34.6 Å². The van der Waals surface area contributed by atoms with Gasteiger partial charge in [0.05, 0.1) is 0 Å². The zero-order valence-corrected chi connectivity index (χ0v) is 15.2. The third kappa shape index (κ3) is 5.64. The summed E-state index contributed by atoms with van der Waals surface area (Å²) in [5.74, 6) is 0.0303. The van der Waals surface area contributed by atoms with Crippen molar-refractivity contribution in [3.8, 4) is 0 Å². The van der Waals surface area contributed by atoms with Crippen LogP contribution in [0.25, 0.3) is 0 Å². The summed E-state index contributed by atoms with van der Waals surface area (Å²) in [5.41, 5.74) is 4.02. The molecule has 0 fully saturated rings. The molecule has 0 bridgehead atoms. The van der Waals surface area contributed by atoms with Crippen LogP contribution in [0, 0.1) is 0 Å². The summed E-state index contributed by atoms with van der Waals surface area (Å²) < 4.78 is 0. The fourth-order valence-electron chi connectivity index (χ4n) is 2.65. The van der Waals surface area contributed by atoms with E-state index in [1.54, 1.807) is 0 Å². The molecule has 0 saturated carbocycles. The molecule has 2 N–H and O–H groups in total. The van der Waals surface area contributed by atoms with Crippen molar-refractivity contribution in [3.05, 3.63) is 89.4 Å². The Hall–Kier alpha value is -2.78. The van der Waals surface area contributed by atoms with Crippen LogP contribution < -0.4 is 10.6 Å². The first-order chi connectivity index (χ1) is 12.7. The SMILES string of the molecule is O=C(CCCc1ccc(Cl)cc1)Nc1ccc(Nc2ccccc2)cc1. The van der Waals surface area contributed by atoms with Gasteiger partial charge in [-0.1, -0.05) is 41.9 Å². The van der Waals surface area contributed by atoms with Gasteiger partial charge in [0, 0.05) is 28.5 Å². The number of rotatable bonds is 7. The number of hydrogen-bond donors (Lipinski definition) is 2. The van der Waals surface area contributed by atoms with E-state index in [1.165, 1.54) is 5.56 Å². The maximum absolute atomic E-state index is 12.1. The van der Waals surface area contributed by atoms with Gasteiger partial charge in [0.2, 0.25) is 5.91 Å². The molecule has 4 heteroatoms. The van der Waals surface area contributed by atoms with Gasteiger partial charge in [-0.15, -0.1) is 0 Å². The highest BCUT2D eigenvalue weighted by Gasteiger charge is 2.03. The topological polar surface area (TPSA) is 41.1 Å². The van der Waals surface area contributed by atoms with E-state index in [4.69, 9.17) is 11.6 Å². The van der Waals surface area contributed by atoms with E-state index in [0.29, 0.717) is 6.42 Å². The lowest BCUT2D eigenvalue weighted by molar-refractivity contribution is -0.116. The molecule has 3 nitrogen and oxygen atoms in total. The van der Waals surface area contributed by atoms with Gasteiger partial charge in [-0.3, -0.25) is 4.79 Å². The van der Waals surface area contributed by atoms with Crippen molar-refractivity contribution in [2.45, 2.75) is 19.3 Å². The Morgan fingerprint density at radius 3 is 2.08 bits per heavy atom. The molecule has 0 unspecified atom stereocenters. The summed E-state index contributed by atoms with van der Waals surface area (Å²) >= 11 is 5.87. The van der Waals surface area contributed by atoms with Crippen LogP contribution >= 0.6 is 11.6 Å². The number of amides is 1. The lowest BCUT2D eigenvalue weighted by Crippen LogP contribution is -2.11. The van der Waals surface area contributed by atoms with Gasteiger partial charge in [0.15, 0.2) is 0 Å². The molecule has 3 rings (SSSR count). The van der Waals surface area contributed by atoms with Crippen molar-refractivity contribution in [2.75, 3.05) is 10.6 Å². The molecule has 0 heterocycles. The molecule has 0 aromatic heterocycles. The van der Waals surface area contributed by atoms with Gasteiger partial charge in [-0.2, -0.15) is 0 Å². The third-order valence-corrected chi connectivity index (χ3v) is 4.27. The fourth-order valence-corrected chi connectivity index (χ4v) is 2.78. The molecule has 3 aromatic rings. The van der Waals surface area contributed by atoms with Crippen LogP contribution in [0.15, 0.2) is 78.9 Å². The average Bonchev–Trinajstić information content (AvgIpc) is 2.66. The first kappa shape index (κ1) is 18.0. The Balaban J connectivity index is 1.44. The van der Waals surface area contributed by atoms with Gasteiger partial charge in [0.1, 0.15) is 0 Å². The fraction of sp³-hybridized carbons (Fsp3) is 0.136. The molecule has 0 aliphatic carbocycles. The van der Waals surface area contributed by atoms with Crippen molar-refractivity contribution in [1.29, 1.82) is 0 Å². The number of carbonyl (C=O) groups is 1. The highest BCUT2D eigenvalue weighted by molar-refractivity contribution is 6.30. The molecule has 0 aliphatic heterocycles. The Bertz CT molecular complexity index is 830. The van der Waals surface area contributed by atoms with Gasteiger partial charge in [0.25, 0.3) is 0 Å². The minimum atomic E-state index is 0.0303. The second-order valence-corrected chi connectivity index (χ2v) is 6.53.